The van der Waals surface area contributed by atoms with E-state index in [1.165, 1.54) is 5.56 Å². The molecule has 1 amide bonds. The zero-order valence-corrected chi connectivity index (χ0v) is 16.1. The van der Waals surface area contributed by atoms with Gasteiger partial charge in [-0.3, -0.25) is 4.79 Å². The van der Waals surface area contributed by atoms with Crippen molar-refractivity contribution >= 4 is 11.7 Å². The molecule has 1 N–H and O–H groups in total. The molecular weight excluding hydrogens is 342 g/mol. The van der Waals surface area contributed by atoms with E-state index in [2.05, 4.69) is 31.2 Å². The Morgan fingerprint density at radius 1 is 1.22 bits per heavy atom. The van der Waals surface area contributed by atoms with Crippen molar-refractivity contribution in [3.05, 3.63) is 66.2 Å². The van der Waals surface area contributed by atoms with Gasteiger partial charge in [0.15, 0.2) is 6.10 Å². The number of benzene rings is 1. The number of nitrogens with zero attached hydrogens (tertiary/aromatic N) is 2. The highest BCUT2D eigenvalue weighted by molar-refractivity contribution is 5.93. The smallest absolute Gasteiger partial charge is 0.266 e. The molecule has 3 rings (SSSR count). The first-order chi connectivity index (χ1) is 12.8. The molecule has 6 nitrogen and oxygen atoms in total. The molecule has 2 aromatic heterocycles. The molecule has 3 aromatic rings. The zero-order chi connectivity index (χ0) is 19.4. The Morgan fingerprint density at radius 3 is 2.59 bits per heavy atom. The number of nitrogens with one attached hydrogen (secondary N) is 1. The highest BCUT2D eigenvalue weighted by Crippen LogP contribution is 2.24. The molecular formula is C21H25N3O3. The van der Waals surface area contributed by atoms with E-state index in [4.69, 9.17) is 9.15 Å². The third-order valence-corrected chi connectivity index (χ3v) is 4.26. The first-order valence-electron chi connectivity index (χ1n) is 8.95. The minimum Gasteiger partial charge on any atom is -0.481 e. The Balaban J connectivity index is 1.61. The fourth-order valence-corrected chi connectivity index (χ4v) is 2.63. The lowest BCUT2D eigenvalue weighted by Gasteiger charge is -2.20. The molecule has 0 radical (unpaired) electrons. The van der Waals surface area contributed by atoms with Crippen LogP contribution in [-0.2, 0) is 16.8 Å². The summed E-state index contributed by atoms with van der Waals surface area (Å²) < 4.78 is 12.8. The van der Waals surface area contributed by atoms with Crippen molar-refractivity contribution in [3.8, 4) is 5.75 Å². The number of carbonyl (C=O) groups excluding carboxylic acids is 1. The number of furan rings is 1. The average Bonchev–Trinajstić information content (AvgIpc) is 3.27. The largest absolute Gasteiger partial charge is 0.481 e. The van der Waals surface area contributed by atoms with E-state index in [1.807, 2.05) is 36.4 Å². The second-order valence-electron chi connectivity index (χ2n) is 7.48. The number of anilines is 1. The van der Waals surface area contributed by atoms with Gasteiger partial charge in [-0.15, -0.1) is 0 Å². The van der Waals surface area contributed by atoms with Gasteiger partial charge >= 0.3 is 0 Å². The van der Waals surface area contributed by atoms with E-state index in [0.717, 1.165) is 5.76 Å². The Bertz CT molecular complexity index is 874. The summed E-state index contributed by atoms with van der Waals surface area (Å²) in [5.74, 6) is 1.78. The van der Waals surface area contributed by atoms with Crippen LogP contribution in [0.25, 0.3) is 0 Å². The van der Waals surface area contributed by atoms with Gasteiger partial charge in [0, 0.05) is 6.07 Å². The summed E-state index contributed by atoms with van der Waals surface area (Å²) in [6.07, 6.45) is 2.60. The van der Waals surface area contributed by atoms with Gasteiger partial charge in [-0.05, 0) is 42.2 Å². The van der Waals surface area contributed by atoms with E-state index in [-0.39, 0.29) is 11.3 Å². The molecule has 1 aromatic carbocycles. The van der Waals surface area contributed by atoms with Gasteiger partial charge in [0.1, 0.15) is 23.9 Å². The van der Waals surface area contributed by atoms with Crippen molar-refractivity contribution in [1.82, 2.24) is 9.78 Å². The van der Waals surface area contributed by atoms with Gasteiger partial charge < -0.3 is 14.5 Å². The molecule has 0 fully saturated rings. The van der Waals surface area contributed by atoms with E-state index in [1.54, 1.807) is 30.1 Å². The first-order valence-corrected chi connectivity index (χ1v) is 8.95. The van der Waals surface area contributed by atoms with Crippen molar-refractivity contribution in [2.24, 2.45) is 0 Å². The van der Waals surface area contributed by atoms with Crippen molar-refractivity contribution in [1.29, 1.82) is 0 Å². The summed E-state index contributed by atoms with van der Waals surface area (Å²) in [4.78, 5) is 12.5. The maximum absolute atomic E-state index is 12.5. The normalized spacial score (nSPS) is 12.6. The Kier molecular flexibility index (Phi) is 5.35. The SMILES string of the molecule is C[C@@H](Oc1ccc(C(C)(C)C)cc1)C(=O)Nc1ccnn1Cc1ccco1. The van der Waals surface area contributed by atoms with Crippen LogP contribution in [0.4, 0.5) is 5.82 Å². The van der Waals surface area contributed by atoms with Crippen molar-refractivity contribution in [3.63, 3.8) is 0 Å². The molecule has 0 aliphatic rings. The zero-order valence-electron chi connectivity index (χ0n) is 16.1. The number of carbonyl (C=O) groups is 1. The Morgan fingerprint density at radius 2 is 1.96 bits per heavy atom. The molecule has 0 unspecified atom stereocenters. The molecule has 27 heavy (non-hydrogen) atoms. The second kappa shape index (κ2) is 7.70. The number of amides is 1. The lowest BCUT2D eigenvalue weighted by molar-refractivity contribution is -0.122. The van der Waals surface area contributed by atoms with Gasteiger partial charge in [-0.1, -0.05) is 32.9 Å². The molecule has 0 bridgehead atoms. The summed E-state index contributed by atoms with van der Waals surface area (Å²) in [6.45, 7) is 8.64. The predicted octanol–water partition coefficient (Wildman–Crippen LogP) is 4.23. The maximum Gasteiger partial charge on any atom is 0.266 e. The quantitative estimate of drug-likeness (QED) is 0.708. The topological polar surface area (TPSA) is 69.3 Å². The van der Waals surface area contributed by atoms with Crippen LogP contribution in [0.3, 0.4) is 0 Å². The summed E-state index contributed by atoms with van der Waals surface area (Å²) in [7, 11) is 0. The van der Waals surface area contributed by atoms with E-state index < -0.39 is 6.10 Å². The van der Waals surface area contributed by atoms with Crippen molar-refractivity contribution in [2.45, 2.75) is 45.8 Å². The van der Waals surface area contributed by atoms with Crippen LogP contribution in [0.2, 0.25) is 0 Å². The lowest BCUT2D eigenvalue weighted by atomic mass is 9.87. The fraction of sp³-hybridized carbons (Fsp3) is 0.333. The maximum atomic E-state index is 12.5. The molecule has 1 atom stereocenters. The minimum absolute atomic E-state index is 0.0773. The van der Waals surface area contributed by atoms with E-state index in [0.29, 0.717) is 18.1 Å². The van der Waals surface area contributed by atoms with Crippen LogP contribution in [0.15, 0.2) is 59.3 Å². The first kappa shape index (κ1) is 18.8. The summed E-state index contributed by atoms with van der Waals surface area (Å²) in [6, 6.07) is 13.3. The van der Waals surface area contributed by atoms with Crippen molar-refractivity contribution in [2.75, 3.05) is 5.32 Å². The second-order valence-corrected chi connectivity index (χ2v) is 7.48. The summed E-state index contributed by atoms with van der Waals surface area (Å²) in [5.41, 5.74) is 1.29. The molecule has 0 spiro atoms. The molecule has 6 heteroatoms. The van der Waals surface area contributed by atoms with Crippen LogP contribution in [0.5, 0.6) is 5.75 Å². The van der Waals surface area contributed by atoms with Crippen LogP contribution < -0.4 is 10.1 Å². The standard InChI is InChI=1S/C21H25N3O3/c1-15(27-17-9-7-16(8-10-17)21(2,3)4)20(25)23-19-11-12-22-24(19)14-18-6-5-13-26-18/h5-13,15H,14H2,1-4H3,(H,23,25)/t15-/m1/s1. The van der Waals surface area contributed by atoms with Crippen LogP contribution in [0, 0.1) is 0 Å². The molecule has 2 heterocycles. The van der Waals surface area contributed by atoms with E-state index >= 15 is 0 Å². The van der Waals surface area contributed by atoms with Crippen LogP contribution >= 0.6 is 0 Å². The van der Waals surface area contributed by atoms with Crippen LogP contribution in [0.1, 0.15) is 39.0 Å². The number of hydrogen-bond donors (Lipinski definition) is 1. The van der Waals surface area contributed by atoms with Crippen LogP contribution in [-0.4, -0.2) is 21.8 Å². The minimum atomic E-state index is -0.641. The predicted molar refractivity (Wildman–Crippen MR) is 104 cm³/mol. The molecule has 142 valence electrons. The van der Waals surface area contributed by atoms with Gasteiger partial charge in [0.05, 0.1) is 12.5 Å². The Labute approximate surface area is 159 Å². The Hall–Kier alpha value is -3.02. The third-order valence-electron chi connectivity index (χ3n) is 4.26. The van der Waals surface area contributed by atoms with Gasteiger partial charge in [-0.2, -0.15) is 5.10 Å². The van der Waals surface area contributed by atoms with E-state index in [9.17, 15) is 4.79 Å². The molecule has 0 aliphatic heterocycles. The molecule has 0 saturated carbocycles. The molecule has 0 saturated heterocycles. The highest BCUT2D eigenvalue weighted by Gasteiger charge is 2.18. The average molecular weight is 367 g/mol. The number of ether oxygens (including phenoxy) is 1. The third kappa shape index (κ3) is 4.78. The number of hydrogen-bond acceptors (Lipinski definition) is 4. The summed E-state index contributed by atoms with van der Waals surface area (Å²) in [5, 5.41) is 7.07. The lowest BCUT2D eigenvalue weighted by Crippen LogP contribution is -2.31. The summed E-state index contributed by atoms with van der Waals surface area (Å²) >= 11 is 0. The molecule has 0 aliphatic carbocycles. The van der Waals surface area contributed by atoms with Gasteiger partial charge in [0.2, 0.25) is 0 Å². The number of rotatable bonds is 6. The van der Waals surface area contributed by atoms with Crippen molar-refractivity contribution < 1.29 is 13.9 Å². The highest BCUT2D eigenvalue weighted by atomic mass is 16.5. The fourth-order valence-electron chi connectivity index (χ4n) is 2.63. The van der Waals surface area contributed by atoms with Gasteiger partial charge in [0.25, 0.3) is 5.91 Å². The number of aromatic nitrogens is 2. The monoisotopic (exact) mass is 367 g/mol. The van der Waals surface area contributed by atoms with Gasteiger partial charge in [-0.25, -0.2) is 4.68 Å².